The Morgan fingerprint density at radius 2 is 1.81 bits per heavy atom. The molecule has 2 N–H and O–H groups in total. The third-order valence-electron chi connectivity index (χ3n) is 4.85. The lowest BCUT2D eigenvalue weighted by molar-refractivity contribution is -0.113. The molecule has 0 saturated heterocycles. The molecule has 0 fully saturated rings. The average Bonchev–Trinajstić information content (AvgIpc) is 3.24. The zero-order chi connectivity index (χ0) is 22.5. The van der Waals surface area contributed by atoms with Crippen LogP contribution in [0.25, 0.3) is 17.1 Å². The molecular weight excluding hydrogens is 488 g/mol. The number of carbonyl (C=O) groups excluding carboxylic acids is 1. The molecule has 0 saturated carbocycles. The molecule has 0 radical (unpaired) electrons. The summed E-state index contributed by atoms with van der Waals surface area (Å²) < 4.78 is 2.66. The van der Waals surface area contributed by atoms with Crippen LogP contribution in [0.4, 0.5) is 5.69 Å². The van der Waals surface area contributed by atoms with Crippen LogP contribution in [0.15, 0.2) is 82.4 Å². The minimum Gasteiger partial charge on any atom is -0.507 e. The van der Waals surface area contributed by atoms with E-state index in [4.69, 9.17) is 0 Å². The Morgan fingerprint density at radius 1 is 1.06 bits per heavy atom. The summed E-state index contributed by atoms with van der Waals surface area (Å²) in [4.78, 5) is 12.6. The van der Waals surface area contributed by atoms with E-state index in [1.165, 1.54) is 11.8 Å². The number of para-hydroxylation sites is 2. The van der Waals surface area contributed by atoms with Gasteiger partial charge in [-0.15, -0.1) is 10.2 Å². The molecular formula is C24H21BrN4O2S. The summed E-state index contributed by atoms with van der Waals surface area (Å²) in [5, 5.41) is 22.6. The van der Waals surface area contributed by atoms with Crippen LogP contribution in [0, 0.1) is 0 Å². The molecule has 1 heterocycles. The van der Waals surface area contributed by atoms with Crippen molar-refractivity contribution in [1.82, 2.24) is 14.8 Å². The third kappa shape index (κ3) is 4.87. The fourth-order valence-corrected chi connectivity index (χ4v) is 4.41. The number of hydrogen-bond acceptors (Lipinski definition) is 5. The van der Waals surface area contributed by atoms with Crippen LogP contribution >= 0.6 is 27.7 Å². The van der Waals surface area contributed by atoms with Crippen LogP contribution in [0.5, 0.6) is 5.75 Å². The standard InChI is InChI=1S/C24H21BrN4O2S/c1-2-16-8-6-7-11-20(16)26-22(31)15-32-24-28-27-23(19-14-17(25)12-13-21(19)30)29(24)18-9-4-3-5-10-18/h3-14,30H,2,15H2,1H3,(H,26,31). The molecule has 6 nitrogen and oxygen atoms in total. The SMILES string of the molecule is CCc1ccccc1NC(=O)CSc1nnc(-c2cc(Br)ccc2O)n1-c1ccccc1. The number of aryl methyl sites for hydroxylation is 1. The second-order valence-corrected chi connectivity index (χ2v) is 8.84. The molecule has 3 aromatic carbocycles. The first-order chi connectivity index (χ1) is 15.6. The fraction of sp³-hybridized carbons (Fsp3) is 0.125. The van der Waals surface area contributed by atoms with Crippen molar-refractivity contribution in [2.45, 2.75) is 18.5 Å². The van der Waals surface area contributed by atoms with Crippen molar-refractivity contribution in [2.75, 3.05) is 11.1 Å². The van der Waals surface area contributed by atoms with E-state index < -0.39 is 0 Å². The number of carbonyl (C=O) groups is 1. The number of hydrogen-bond donors (Lipinski definition) is 2. The first-order valence-electron chi connectivity index (χ1n) is 10.1. The van der Waals surface area contributed by atoms with Gasteiger partial charge in [0.1, 0.15) is 5.75 Å². The predicted molar refractivity (Wildman–Crippen MR) is 131 cm³/mol. The molecule has 0 bridgehead atoms. The number of thioether (sulfide) groups is 1. The number of rotatable bonds is 7. The van der Waals surface area contributed by atoms with Crippen LogP contribution < -0.4 is 5.32 Å². The second-order valence-electron chi connectivity index (χ2n) is 6.99. The summed E-state index contributed by atoms with van der Waals surface area (Å²) in [6.07, 6.45) is 0.839. The number of aromatic nitrogens is 3. The first kappa shape index (κ1) is 22.1. The Labute approximate surface area is 198 Å². The number of halogens is 1. The molecule has 4 rings (SSSR count). The number of phenols is 1. The molecule has 8 heteroatoms. The van der Waals surface area contributed by atoms with E-state index in [0.717, 1.165) is 27.8 Å². The number of amides is 1. The van der Waals surface area contributed by atoms with E-state index in [1.807, 2.05) is 59.2 Å². The van der Waals surface area contributed by atoms with E-state index in [1.54, 1.807) is 18.2 Å². The molecule has 0 aliphatic heterocycles. The van der Waals surface area contributed by atoms with Crippen LogP contribution in [-0.4, -0.2) is 31.5 Å². The molecule has 0 unspecified atom stereocenters. The average molecular weight is 509 g/mol. The van der Waals surface area contributed by atoms with Gasteiger partial charge in [-0.25, -0.2) is 0 Å². The van der Waals surface area contributed by atoms with Gasteiger partial charge in [0.15, 0.2) is 11.0 Å². The topological polar surface area (TPSA) is 80.0 Å². The maximum Gasteiger partial charge on any atom is 0.234 e. The number of nitrogens with one attached hydrogen (secondary N) is 1. The van der Waals surface area contributed by atoms with Crippen LogP contribution in [0.1, 0.15) is 12.5 Å². The number of phenolic OH excluding ortho intramolecular Hbond substituents is 1. The van der Waals surface area contributed by atoms with Gasteiger partial charge in [0.05, 0.1) is 11.3 Å². The van der Waals surface area contributed by atoms with Gasteiger partial charge in [-0.2, -0.15) is 0 Å². The largest absolute Gasteiger partial charge is 0.507 e. The van der Waals surface area contributed by atoms with E-state index in [-0.39, 0.29) is 17.4 Å². The molecule has 1 amide bonds. The van der Waals surface area contributed by atoms with Gasteiger partial charge >= 0.3 is 0 Å². The lowest BCUT2D eigenvalue weighted by Crippen LogP contribution is -2.15. The summed E-state index contributed by atoms with van der Waals surface area (Å²) in [5.41, 5.74) is 3.30. The van der Waals surface area contributed by atoms with Gasteiger partial charge in [0.2, 0.25) is 5.91 Å². The van der Waals surface area contributed by atoms with Crippen molar-refractivity contribution in [3.63, 3.8) is 0 Å². The summed E-state index contributed by atoms with van der Waals surface area (Å²) in [6, 6.07) is 22.6. The van der Waals surface area contributed by atoms with Crippen LogP contribution in [0.3, 0.4) is 0 Å². The summed E-state index contributed by atoms with van der Waals surface area (Å²) in [5.74, 6) is 0.649. The third-order valence-corrected chi connectivity index (χ3v) is 6.27. The minimum absolute atomic E-state index is 0.100. The fourth-order valence-electron chi connectivity index (χ4n) is 3.30. The Hall–Kier alpha value is -3.10. The Kier molecular flexibility index (Phi) is 6.92. The molecule has 0 spiro atoms. The zero-order valence-electron chi connectivity index (χ0n) is 17.3. The van der Waals surface area contributed by atoms with E-state index >= 15 is 0 Å². The number of anilines is 1. The smallest absolute Gasteiger partial charge is 0.234 e. The molecule has 162 valence electrons. The Bertz CT molecular complexity index is 1240. The van der Waals surface area contributed by atoms with Crippen LogP contribution in [0.2, 0.25) is 0 Å². The van der Waals surface area contributed by atoms with Crippen molar-refractivity contribution < 1.29 is 9.90 Å². The van der Waals surface area contributed by atoms with E-state index in [2.05, 4.69) is 38.4 Å². The first-order valence-corrected chi connectivity index (χ1v) is 11.8. The monoisotopic (exact) mass is 508 g/mol. The maximum atomic E-state index is 12.6. The van der Waals surface area contributed by atoms with Gasteiger partial charge in [-0.3, -0.25) is 9.36 Å². The van der Waals surface area contributed by atoms with Gasteiger partial charge in [0.25, 0.3) is 0 Å². The number of aromatic hydroxyl groups is 1. The predicted octanol–water partition coefficient (Wildman–Crippen LogP) is 5.70. The second kappa shape index (κ2) is 10.0. The summed E-state index contributed by atoms with van der Waals surface area (Å²) in [6.45, 7) is 2.06. The van der Waals surface area contributed by atoms with Gasteiger partial charge in [-0.05, 0) is 48.4 Å². The molecule has 32 heavy (non-hydrogen) atoms. The highest BCUT2D eigenvalue weighted by Crippen LogP contribution is 2.34. The van der Waals surface area contributed by atoms with Crippen molar-refractivity contribution in [2.24, 2.45) is 0 Å². The zero-order valence-corrected chi connectivity index (χ0v) is 19.7. The molecule has 0 aliphatic rings. The molecule has 0 atom stereocenters. The number of benzene rings is 3. The summed E-state index contributed by atoms with van der Waals surface area (Å²) >= 11 is 4.74. The van der Waals surface area contributed by atoms with Crippen molar-refractivity contribution >= 4 is 39.3 Å². The number of nitrogens with zero attached hydrogens (tertiary/aromatic N) is 3. The molecule has 0 aliphatic carbocycles. The maximum absolute atomic E-state index is 12.6. The minimum atomic E-state index is -0.120. The Morgan fingerprint density at radius 3 is 2.59 bits per heavy atom. The molecule has 4 aromatic rings. The van der Waals surface area contributed by atoms with Crippen molar-refractivity contribution in [1.29, 1.82) is 0 Å². The molecule has 1 aromatic heterocycles. The van der Waals surface area contributed by atoms with E-state index in [0.29, 0.717) is 16.5 Å². The highest BCUT2D eigenvalue weighted by atomic mass is 79.9. The van der Waals surface area contributed by atoms with Gasteiger partial charge in [0, 0.05) is 15.8 Å². The van der Waals surface area contributed by atoms with E-state index in [9.17, 15) is 9.90 Å². The highest BCUT2D eigenvalue weighted by Gasteiger charge is 2.20. The lowest BCUT2D eigenvalue weighted by atomic mass is 10.1. The van der Waals surface area contributed by atoms with Crippen molar-refractivity contribution in [3.05, 3.63) is 82.8 Å². The normalized spacial score (nSPS) is 10.8. The van der Waals surface area contributed by atoms with Gasteiger partial charge < -0.3 is 10.4 Å². The highest BCUT2D eigenvalue weighted by molar-refractivity contribution is 9.10. The summed E-state index contributed by atoms with van der Waals surface area (Å²) in [7, 11) is 0. The quantitative estimate of drug-likeness (QED) is 0.313. The lowest BCUT2D eigenvalue weighted by Gasteiger charge is -2.12. The van der Waals surface area contributed by atoms with Crippen LogP contribution in [-0.2, 0) is 11.2 Å². The Balaban J connectivity index is 1.62. The van der Waals surface area contributed by atoms with Gasteiger partial charge in [-0.1, -0.05) is 71.0 Å². The van der Waals surface area contributed by atoms with Crippen molar-refractivity contribution in [3.8, 4) is 22.8 Å².